The third kappa shape index (κ3) is 4.39. The van der Waals surface area contributed by atoms with E-state index in [4.69, 9.17) is 24.4 Å². The molecule has 2 saturated heterocycles. The van der Waals surface area contributed by atoms with Crippen LogP contribution in [-0.4, -0.2) is 38.8 Å². The van der Waals surface area contributed by atoms with Gasteiger partial charge in [0.1, 0.15) is 11.8 Å². The molecule has 2 atom stereocenters. The second-order valence-corrected chi connectivity index (χ2v) is 9.14. The molecule has 0 unspecified atom stereocenters. The quantitative estimate of drug-likeness (QED) is 0.385. The van der Waals surface area contributed by atoms with Crippen molar-refractivity contribution in [1.29, 1.82) is 0 Å². The molecule has 2 aliphatic heterocycles. The molecule has 37 heavy (non-hydrogen) atoms. The summed E-state index contributed by atoms with van der Waals surface area (Å²) in [5.41, 5.74) is 1.31. The number of hydrogen-bond donors (Lipinski definition) is 2. The smallest absolute Gasteiger partial charge is 0.246 e. The second kappa shape index (κ2) is 9.96. The van der Waals surface area contributed by atoms with Gasteiger partial charge >= 0.3 is 0 Å². The van der Waals surface area contributed by atoms with E-state index in [1.807, 2.05) is 0 Å². The van der Waals surface area contributed by atoms with Crippen molar-refractivity contribution < 1.29 is 19.2 Å². The van der Waals surface area contributed by atoms with Gasteiger partial charge in [-0.3, -0.25) is 34.0 Å². The molecular weight excluding hydrogens is 510 g/mol. The maximum Gasteiger partial charge on any atom is 0.246 e. The van der Waals surface area contributed by atoms with Crippen molar-refractivity contribution in [1.82, 2.24) is 15.6 Å². The van der Waals surface area contributed by atoms with E-state index >= 15 is 0 Å². The lowest BCUT2D eigenvalue weighted by atomic mass is 9.73. The van der Waals surface area contributed by atoms with Crippen molar-refractivity contribution in [3.63, 3.8) is 0 Å². The van der Waals surface area contributed by atoms with Crippen molar-refractivity contribution in [2.24, 2.45) is 11.8 Å². The summed E-state index contributed by atoms with van der Waals surface area (Å²) in [5.74, 6) is -6.78. The van der Waals surface area contributed by atoms with Gasteiger partial charge in [0.2, 0.25) is 23.6 Å². The maximum absolute atomic E-state index is 13.9. The minimum Gasteiger partial charge on any atom is -0.302 e. The van der Waals surface area contributed by atoms with Crippen LogP contribution in [0.4, 0.5) is 11.4 Å². The number of anilines is 2. The van der Waals surface area contributed by atoms with Gasteiger partial charge in [0.25, 0.3) is 0 Å². The van der Waals surface area contributed by atoms with Crippen molar-refractivity contribution in [2.45, 2.75) is 5.92 Å². The lowest BCUT2D eigenvalue weighted by Crippen LogP contribution is -2.64. The molecule has 2 aromatic carbocycles. The number of thiocarbonyl (C=S) groups is 2. The molecule has 3 aromatic rings. The van der Waals surface area contributed by atoms with Crippen molar-refractivity contribution in [3.8, 4) is 0 Å². The number of rotatable bonds is 5. The zero-order chi connectivity index (χ0) is 26.1. The van der Waals surface area contributed by atoms with Crippen LogP contribution in [0.15, 0.2) is 85.2 Å². The summed E-state index contributed by atoms with van der Waals surface area (Å²) in [6, 6.07) is 20.3. The second-order valence-electron chi connectivity index (χ2n) is 8.37. The molecule has 2 fully saturated rings. The van der Waals surface area contributed by atoms with Crippen molar-refractivity contribution in [2.75, 3.05) is 9.80 Å². The SMILES string of the molecule is O=C1NC(=S)N(c2ccccc2)C(=O)[C@@H]1C(c1ccncc1)[C@@H]1C(=O)NC(=S)N(c2ccccc2)C1=O. The molecule has 0 bridgehead atoms. The summed E-state index contributed by atoms with van der Waals surface area (Å²) < 4.78 is 0. The lowest BCUT2D eigenvalue weighted by Gasteiger charge is -2.41. The Hall–Kier alpha value is -4.35. The summed E-state index contributed by atoms with van der Waals surface area (Å²) in [7, 11) is 0. The summed E-state index contributed by atoms with van der Waals surface area (Å²) in [6.45, 7) is 0. The van der Waals surface area contributed by atoms with E-state index in [-0.39, 0.29) is 10.2 Å². The fraction of sp³-hybridized carbons (Fsp3) is 0.115. The highest BCUT2D eigenvalue weighted by atomic mass is 32.1. The van der Waals surface area contributed by atoms with Crippen LogP contribution >= 0.6 is 24.4 Å². The van der Waals surface area contributed by atoms with E-state index < -0.39 is 41.4 Å². The monoisotopic (exact) mass is 529 g/mol. The Morgan fingerprint density at radius 1 is 0.649 bits per heavy atom. The van der Waals surface area contributed by atoms with Gasteiger partial charge in [-0.05, 0) is 66.4 Å². The number of carbonyl (C=O) groups is 4. The Labute approximate surface area is 222 Å². The molecule has 0 aliphatic carbocycles. The first-order chi connectivity index (χ1) is 17.9. The van der Waals surface area contributed by atoms with Gasteiger partial charge in [0.05, 0.1) is 11.4 Å². The molecule has 0 radical (unpaired) electrons. The van der Waals surface area contributed by atoms with E-state index in [9.17, 15) is 19.2 Å². The molecule has 4 amide bonds. The van der Waals surface area contributed by atoms with E-state index in [2.05, 4.69) is 15.6 Å². The van der Waals surface area contributed by atoms with Gasteiger partial charge in [0, 0.05) is 18.3 Å². The zero-order valence-corrected chi connectivity index (χ0v) is 20.7. The Bertz CT molecular complexity index is 1330. The van der Waals surface area contributed by atoms with Crippen LogP contribution in [0, 0.1) is 11.8 Å². The fourth-order valence-electron chi connectivity index (χ4n) is 4.62. The largest absolute Gasteiger partial charge is 0.302 e. The van der Waals surface area contributed by atoms with Gasteiger partial charge < -0.3 is 10.6 Å². The van der Waals surface area contributed by atoms with E-state index in [1.165, 1.54) is 22.2 Å². The Balaban J connectivity index is 1.63. The lowest BCUT2D eigenvalue weighted by molar-refractivity contribution is -0.139. The highest BCUT2D eigenvalue weighted by Crippen LogP contribution is 2.39. The zero-order valence-electron chi connectivity index (χ0n) is 19.1. The van der Waals surface area contributed by atoms with Gasteiger partial charge in [-0.1, -0.05) is 36.4 Å². The number of nitrogens with zero attached hydrogens (tertiary/aromatic N) is 3. The average molecular weight is 530 g/mol. The fourth-order valence-corrected chi connectivity index (χ4v) is 5.21. The minimum absolute atomic E-state index is 0.0857. The number of carbonyl (C=O) groups excluding carboxylic acids is 4. The summed E-state index contributed by atoms with van der Waals surface area (Å²) in [5, 5.41) is 4.99. The first-order valence-corrected chi connectivity index (χ1v) is 12.1. The van der Waals surface area contributed by atoms with Crippen LogP contribution in [0.2, 0.25) is 0 Å². The van der Waals surface area contributed by atoms with Gasteiger partial charge in [0.15, 0.2) is 10.2 Å². The molecule has 2 N–H and O–H groups in total. The summed E-state index contributed by atoms with van der Waals surface area (Å²) in [6.07, 6.45) is 2.94. The summed E-state index contributed by atoms with van der Waals surface area (Å²) in [4.78, 5) is 60.9. The van der Waals surface area contributed by atoms with Crippen LogP contribution in [0.1, 0.15) is 11.5 Å². The summed E-state index contributed by atoms with van der Waals surface area (Å²) >= 11 is 10.6. The molecule has 0 spiro atoms. The average Bonchev–Trinajstić information content (AvgIpc) is 2.89. The molecule has 0 saturated carbocycles. The third-order valence-corrected chi connectivity index (χ3v) is 6.81. The number of nitrogens with one attached hydrogen (secondary N) is 2. The van der Waals surface area contributed by atoms with Crippen LogP contribution in [-0.2, 0) is 19.2 Å². The Morgan fingerprint density at radius 2 is 1.05 bits per heavy atom. The van der Waals surface area contributed by atoms with E-state index in [1.54, 1.807) is 72.8 Å². The number of amides is 4. The Kier molecular flexibility index (Phi) is 6.55. The topological polar surface area (TPSA) is 112 Å². The van der Waals surface area contributed by atoms with Gasteiger partial charge in [-0.15, -0.1) is 0 Å². The predicted molar refractivity (Wildman–Crippen MR) is 143 cm³/mol. The number of hydrogen-bond acceptors (Lipinski definition) is 7. The van der Waals surface area contributed by atoms with E-state index in [0.29, 0.717) is 16.9 Å². The molecule has 2 aliphatic rings. The minimum atomic E-state index is -1.45. The standard InChI is InChI=1S/C26H19N5O4S2/c32-21-19(23(34)30(25(36)28-21)16-7-3-1-4-8-16)18(15-11-13-27-14-12-15)20-22(33)29-26(37)31(24(20)35)17-9-5-2-6-10-17/h1-14,18-20H,(H,28,32,36)(H,29,33,37)/t19-,20-/m1/s1. The number of pyridine rings is 1. The molecular formula is C26H19N5O4S2. The van der Waals surface area contributed by atoms with Crippen molar-refractivity contribution >= 4 is 69.7 Å². The highest BCUT2D eigenvalue weighted by Gasteiger charge is 2.53. The first kappa shape index (κ1) is 24.3. The van der Waals surface area contributed by atoms with Gasteiger partial charge in [-0.2, -0.15) is 0 Å². The maximum atomic E-state index is 13.9. The molecule has 11 heteroatoms. The van der Waals surface area contributed by atoms with Crippen molar-refractivity contribution in [3.05, 3.63) is 90.8 Å². The van der Waals surface area contributed by atoms with Crippen LogP contribution in [0.5, 0.6) is 0 Å². The Morgan fingerprint density at radius 3 is 1.46 bits per heavy atom. The number of para-hydroxylation sites is 2. The predicted octanol–water partition coefficient (Wildman–Crippen LogP) is 2.29. The molecule has 184 valence electrons. The van der Waals surface area contributed by atoms with Crippen LogP contribution in [0.3, 0.4) is 0 Å². The molecule has 9 nitrogen and oxygen atoms in total. The first-order valence-electron chi connectivity index (χ1n) is 11.3. The van der Waals surface area contributed by atoms with Gasteiger partial charge in [-0.25, -0.2) is 0 Å². The molecule has 5 rings (SSSR count). The number of aromatic nitrogens is 1. The molecule has 1 aromatic heterocycles. The molecule has 3 heterocycles. The third-order valence-electron chi connectivity index (χ3n) is 6.24. The van der Waals surface area contributed by atoms with Crippen LogP contribution < -0.4 is 20.4 Å². The van der Waals surface area contributed by atoms with E-state index in [0.717, 1.165) is 0 Å². The highest BCUT2D eigenvalue weighted by molar-refractivity contribution is 7.80. The van der Waals surface area contributed by atoms with Crippen LogP contribution in [0.25, 0.3) is 0 Å². The normalized spacial score (nSPS) is 20.2. The number of benzene rings is 2.